The Morgan fingerprint density at radius 3 is 2.59 bits per heavy atom. The van der Waals surface area contributed by atoms with E-state index < -0.39 is 22.9 Å². The first-order valence-electron chi connectivity index (χ1n) is 13.4. The van der Waals surface area contributed by atoms with Crippen molar-refractivity contribution in [1.82, 2.24) is 0 Å². The van der Waals surface area contributed by atoms with Gasteiger partial charge in [-0.25, -0.2) is 0 Å². The van der Waals surface area contributed by atoms with Gasteiger partial charge in [-0.2, -0.15) is 0 Å². The van der Waals surface area contributed by atoms with E-state index >= 15 is 0 Å². The van der Waals surface area contributed by atoms with Gasteiger partial charge in [0.25, 0.3) is 0 Å². The van der Waals surface area contributed by atoms with Gasteiger partial charge in [-0.3, -0.25) is 9.59 Å². The molecule has 192 valence electrons. The van der Waals surface area contributed by atoms with Gasteiger partial charge in [0, 0.05) is 25.2 Å². The third kappa shape index (κ3) is 4.12. The predicted molar refractivity (Wildman–Crippen MR) is 129 cm³/mol. The van der Waals surface area contributed by atoms with Gasteiger partial charge in [0.2, 0.25) is 0 Å². The molecule has 3 aliphatic heterocycles. The smallest absolute Gasteiger partial charge is 0.167 e. The minimum atomic E-state index is -2.00. The highest BCUT2D eigenvalue weighted by Crippen LogP contribution is 2.59. The van der Waals surface area contributed by atoms with Crippen molar-refractivity contribution in [2.45, 2.75) is 121 Å². The Morgan fingerprint density at radius 1 is 1.18 bits per heavy atom. The molecule has 0 radical (unpaired) electrons. The maximum Gasteiger partial charge on any atom is 0.167 e. The van der Waals surface area contributed by atoms with Crippen molar-refractivity contribution >= 4 is 11.6 Å². The molecule has 0 unspecified atom stereocenters. The third-order valence-corrected chi connectivity index (χ3v) is 9.65. The van der Waals surface area contributed by atoms with Crippen LogP contribution in [-0.4, -0.2) is 57.4 Å². The lowest BCUT2D eigenvalue weighted by Gasteiger charge is -2.50. The molecule has 4 rings (SSSR count). The van der Waals surface area contributed by atoms with E-state index in [9.17, 15) is 19.8 Å². The van der Waals surface area contributed by atoms with Crippen LogP contribution < -0.4 is 0 Å². The van der Waals surface area contributed by atoms with Crippen LogP contribution in [0.1, 0.15) is 91.9 Å². The van der Waals surface area contributed by atoms with Crippen molar-refractivity contribution in [2.24, 2.45) is 23.7 Å². The number of aliphatic hydroxyl groups is 2. The Hall–Kier alpha value is -1.08. The molecular formula is C28H44O6. The number of ether oxygens (including phenoxy) is 2. The quantitative estimate of drug-likeness (QED) is 0.424. The van der Waals surface area contributed by atoms with Gasteiger partial charge in [-0.1, -0.05) is 46.1 Å². The van der Waals surface area contributed by atoms with E-state index in [2.05, 4.69) is 20.4 Å². The average Bonchev–Trinajstić information content (AvgIpc) is 3.13. The number of rotatable bonds is 7. The van der Waals surface area contributed by atoms with Crippen LogP contribution in [0.5, 0.6) is 0 Å². The molecule has 0 aromatic rings. The van der Waals surface area contributed by atoms with Gasteiger partial charge in [0.15, 0.2) is 17.2 Å². The van der Waals surface area contributed by atoms with Crippen LogP contribution in [0.2, 0.25) is 0 Å². The van der Waals surface area contributed by atoms with Crippen LogP contribution in [0.4, 0.5) is 0 Å². The predicted octanol–water partition coefficient (Wildman–Crippen LogP) is 4.15. The van der Waals surface area contributed by atoms with Gasteiger partial charge in [0.05, 0.1) is 24.4 Å². The van der Waals surface area contributed by atoms with Gasteiger partial charge in [0.1, 0.15) is 5.60 Å². The fourth-order valence-corrected chi connectivity index (χ4v) is 7.49. The number of fused-ring (bicyclic) bond motifs is 2. The van der Waals surface area contributed by atoms with Crippen molar-refractivity contribution < 1.29 is 29.3 Å². The molecule has 34 heavy (non-hydrogen) atoms. The molecule has 0 amide bonds. The van der Waals surface area contributed by atoms with Crippen molar-refractivity contribution in [3.05, 3.63) is 12.2 Å². The molecule has 0 aromatic heterocycles. The molecule has 0 spiro atoms. The summed E-state index contributed by atoms with van der Waals surface area (Å²) in [6, 6.07) is 0. The van der Waals surface area contributed by atoms with Crippen LogP contribution in [0, 0.1) is 23.7 Å². The Bertz CT molecular complexity index is 820. The lowest BCUT2D eigenvalue weighted by molar-refractivity contribution is -0.225. The first-order valence-corrected chi connectivity index (χ1v) is 13.4. The third-order valence-electron chi connectivity index (χ3n) is 9.65. The summed E-state index contributed by atoms with van der Waals surface area (Å²) in [5.74, 6) is -0.449. The largest absolute Gasteiger partial charge is 0.390 e. The van der Waals surface area contributed by atoms with Gasteiger partial charge in [-0.05, 0) is 56.4 Å². The van der Waals surface area contributed by atoms with Gasteiger partial charge >= 0.3 is 0 Å². The molecule has 3 heterocycles. The van der Waals surface area contributed by atoms with E-state index in [0.717, 1.165) is 32.1 Å². The standard InChI is InChI=1S/C28H44O6/c1-6-7-8-9-10-11-22(30)28(32)15-20(29)17(2)14-21-24-23-19(12-13-26(24,4)31)18(3)16-33-27(28,5)25(23)34-21/h18-19,21,23-25,31-32H,2,6-16H2,1,3-5H3/t18-,19-,21-,23-,24-,25+,26-,27+,28-/m0/s1. The lowest BCUT2D eigenvalue weighted by Crippen LogP contribution is -2.67. The molecule has 3 saturated heterocycles. The number of carbonyl (C=O) groups excluding carboxylic acids is 2. The Balaban J connectivity index is 1.75. The van der Waals surface area contributed by atoms with E-state index in [1.807, 2.05) is 6.92 Å². The zero-order valence-electron chi connectivity index (χ0n) is 21.5. The van der Waals surface area contributed by atoms with Crippen LogP contribution in [0.3, 0.4) is 0 Å². The maximum absolute atomic E-state index is 13.7. The van der Waals surface area contributed by atoms with Crippen LogP contribution in [0.15, 0.2) is 12.2 Å². The van der Waals surface area contributed by atoms with Crippen LogP contribution in [-0.2, 0) is 19.1 Å². The molecule has 4 fully saturated rings. The molecule has 2 N–H and O–H groups in total. The molecule has 6 heteroatoms. The number of ketones is 2. The Kier molecular flexibility index (Phi) is 7.20. The number of carbonyl (C=O) groups is 2. The lowest BCUT2D eigenvalue weighted by atomic mass is 9.56. The summed E-state index contributed by atoms with van der Waals surface area (Å²) >= 11 is 0. The Labute approximate surface area is 204 Å². The normalized spacial score (nSPS) is 46.4. The first kappa shape index (κ1) is 26.0. The summed E-state index contributed by atoms with van der Waals surface area (Å²) in [6.45, 7) is 12.3. The number of unbranched alkanes of at least 4 members (excludes halogenated alkanes) is 4. The number of Topliss-reactive ketones (excluding diaryl/α,β-unsaturated/α-hetero) is 2. The van der Waals surface area contributed by atoms with Crippen molar-refractivity contribution in [1.29, 1.82) is 0 Å². The SMILES string of the molecule is C=C1C[C@@H]2O[C@@H]3[C@H]4[C@@H](CC[C@](C)(O)[C@H]42)[C@@H](C)CO[C@@]3(C)[C@@](O)(C(=O)CCCCCCC)CC1=O. The van der Waals surface area contributed by atoms with E-state index in [-0.39, 0.29) is 54.2 Å². The summed E-state index contributed by atoms with van der Waals surface area (Å²) in [6.07, 6.45) is 5.64. The Morgan fingerprint density at radius 2 is 1.88 bits per heavy atom. The van der Waals surface area contributed by atoms with Crippen molar-refractivity contribution in [3.63, 3.8) is 0 Å². The van der Waals surface area contributed by atoms with E-state index in [0.29, 0.717) is 31.4 Å². The fourth-order valence-electron chi connectivity index (χ4n) is 7.49. The highest BCUT2D eigenvalue weighted by atomic mass is 16.6. The monoisotopic (exact) mass is 476 g/mol. The highest BCUT2D eigenvalue weighted by molar-refractivity contribution is 6.01. The van der Waals surface area contributed by atoms with Gasteiger partial charge in [-0.15, -0.1) is 0 Å². The molecular weight excluding hydrogens is 432 g/mol. The maximum atomic E-state index is 13.7. The minimum absolute atomic E-state index is 0.0545. The number of hydrogen-bond acceptors (Lipinski definition) is 6. The molecule has 2 bridgehead atoms. The summed E-state index contributed by atoms with van der Waals surface area (Å²) in [4.78, 5) is 26.9. The second-order valence-electron chi connectivity index (χ2n) is 12.0. The summed E-state index contributed by atoms with van der Waals surface area (Å²) in [5, 5.41) is 23.6. The van der Waals surface area contributed by atoms with E-state index in [4.69, 9.17) is 9.47 Å². The molecule has 4 aliphatic rings. The average molecular weight is 477 g/mol. The summed E-state index contributed by atoms with van der Waals surface area (Å²) in [5.41, 5.74) is -3.96. The molecule has 1 aliphatic carbocycles. The molecule has 9 atom stereocenters. The fraction of sp³-hybridized carbons (Fsp3) is 0.857. The van der Waals surface area contributed by atoms with E-state index in [1.165, 1.54) is 0 Å². The second-order valence-corrected chi connectivity index (χ2v) is 12.0. The zero-order valence-corrected chi connectivity index (χ0v) is 21.5. The molecule has 0 aromatic carbocycles. The summed E-state index contributed by atoms with van der Waals surface area (Å²) in [7, 11) is 0. The molecule has 1 saturated carbocycles. The van der Waals surface area contributed by atoms with E-state index in [1.54, 1.807) is 6.92 Å². The first-order chi connectivity index (χ1) is 16.0. The van der Waals surface area contributed by atoms with Crippen LogP contribution >= 0.6 is 0 Å². The number of hydrogen-bond donors (Lipinski definition) is 2. The second kappa shape index (κ2) is 9.42. The molecule has 6 nitrogen and oxygen atoms in total. The minimum Gasteiger partial charge on any atom is -0.390 e. The topological polar surface area (TPSA) is 93.1 Å². The van der Waals surface area contributed by atoms with Gasteiger partial charge < -0.3 is 19.7 Å². The highest BCUT2D eigenvalue weighted by Gasteiger charge is 2.70. The zero-order chi connectivity index (χ0) is 24.9. The van der Waals surface area contributed by atoms with Crippen molar-refractivity contribution in [2.75, 3.05) is 6.61 Å². The van der Waals surface area contributed by atoms with Crippen LogP contribution in [0.25, 0.3) is 0 Å². The van der Waals surface area contributed by atoms with Crippen molar-refractivity contribution in [3.8, 4) is 0 Å². The summed E-state index contributed by atoms with van der Waals surface area (Å²) < 4.78 is 13.1.